The van der Waals surface area contributed by atoms with Gasteiger partial charge in [0.15, 0.2) is 0 Å². The minimum absolute atomic E-state index is 0.102. The fourth-order valence-electron chi connectivity index (χ4n) is 3.37. The molecular weight excluding hydrogens is 376 g/mol. The van der Waals surface area contributed by atoms with Gasteiger partial charge in [0.25, 0.3) is 5.91 Å². The van der Waals surface area contributed by atoms with Gasteiger partial charge >= 0.3 is 5.97 Å². The highest BCUT2D eigenvalue weighted by atomic mass is 16.5. The molecule has 0 saturated carbocycles. The van der Waals surface area contributed by atoms with Gasteiger partial charge in [0.2, 0.25) is 0 Å². The number of hydrogen-bond donors (Lipinski definition) is 1. The highest BCUT2D eigenvalue weighted by Gasteiger charge is 2.21. The molecular formula is C25H28N2O3. The van der Waals surface area contributed by atoms with E-state index in [9.17, 15) is 9.59 Å². The van der Waals surface area contributed by atoms with Crippen LogP contribution in [-0.4, -0.2) is 29.1 Å². The van der Waals surface area contributed by atoms with Crippen LogP contribution in [0.15, 0.2) is 60.7 Å². The van der Waals surface area contributed by atoms with Gasteiger partial charge < -0.3 is 14.6 Å². The SMILES string of the molecule is CCOC(=O)c1cc(-c2ccccc2)n(-c2cccc(C(=O)N[C@H](C)CC)c2)c1C. The van der Waals surface area contributed by atoms with E-state index in [1.807, 2.05) is 79.9 Å². The maximum Gasteiger partial charge on any atom is 0.339 e. The number of carbonyl (C=O) groups excluding carboxylic acids is 2. The number of nitrogens with one attached hydrogen (secondary N) is 1. The smallest absolute Gasteiger partial charge is 0.339 e. The van der Waals surface area contributed by atoms with E-state index in [4.69, 9.17) is 4.74 Å². The predicted molar refractivity (Wildman–Crippen MR) is 119 cm³/mol. The number of rotatable bonds is 7. The molecule has 0 aliphatic carbocycles. The molecule has 0 fully saturated rings. The van der Waals surface area contributed by atoms with E-state index in [2.05, 4.69) is 5.32 Å². The van der Waals surface area contributed by atoms with Crippen molar-refractivity contribution >= 4 is 11.9 Å². The van der Waals surface area contributed by atoms with Crippen LogP contribution < -0.4 is 5.32 Å². The summed E-state index contributed by atoms with van der Waals surface area (Å²) in [6.45, 7) is 8.02. The molecule has 0 radical (unpaired) electrons. The Morgan fingerprint density at radius 3 is 2.43 bits per heavy atom. The Bertz CT molecular complexity index is 1040. The average Bonchev–Trinajstić information content (AvgIpc) is 3.11. The minimum atomic E-state index is -0.350. The summed E-state index contributed by atoms with van der Waals surface area (Å²) in [6.07, 6.45) is 0.864. The van der Waals surface area contributed by atoms with Gasteiger partial charge in [-0.25, -0.2) is 4.79 Å². The van der Waals surface area contributed by atoms with E-state index in [1.54, 1.807) is 13.0 Å². The third kappa shape index (κ3) is 4.46. The number of amides is 1. The normalized spacial score (nSPS) is 11.7. The Kier molecular flexibility index (Phi) is 6.72. The molecule has 0 bridgehead atoms. The number of carbonyl (C=O) groups is 2. The molecule has 0 spiro atoms. The van der Waals surface area contributed by atoms with Crippen LogP contribution in [0.4, 0.5) is 0 Å². The summed E-state index contributed by atoms with van der Waals surface area (Å²) in [5.74, 6) is -0.459. The second-order valence-electron chi connectivity index (χ2n) is 7.28. The quantitative estimate of drug-likeness (QED) is 0.554. The van der Waals surface area contributed by atoms with Gasteiger partial charge in [-0.15, -0.1) is 0 Å². The first-order valence-corrected chi connectivity index (χ1v) is 10.3. The van der Waals surface area contributed by atoms with Crippen molar-refractivity contribution in [2.75, 3.05) is 6.61 Å². The summed E-state index contributed by atoms with van der Waals surface area (Å²) < 4.78 is 7.25. The molecule has 0 aliphatic rings. The van der Waals surface area contributed by atoms with E-state index in [0.29, 0.717) is 17.7 Å². The first-order valence-electron chi connectivity index (χ1n) is 10.3. The lowest BCUT2D eigenvalue weighted by Gasteiger charge is -2.15. The number of benzene rings is 2. The van der Waals surface area contributed by atoms with E-state index in [0.717, 1.165) is 29.1 Å². The molecule has 3 rings (SSSR count). The zero-order chi connectivity index (χ0) is 21.7. The second-order valence-corrected chi connectivity index (χ2v) is 7.28. The van der Waals surface area contributed by atoms with Crippen molar-refractivity contribution in [2.24, 2.45) is 0 Å². The van der Waals surface area contributed by atoms with Gasteiger partial charge in [0.05, 0.1) is 17.9 Å². The summed E-state index contributed by atoms with van der Waals surface area (Å²) in [5.41, 5.74) is 4.54. The maximum atomic E-state index is 12.6. The fourth-order valence-corrected chi connectivity index (χ4v) is 3.37. The monoisotopic (exact) mass is 404 g/mol. The van der Waals surface area contributed by atoms with Crippen LogP contribution in [0.5, 0.6) is 0 Å². The zero-order valence-corrected chi connectivity index (χ0v) is 17.9. The van der Waals surface area contributed by atoms with Crippen molar-refractivity contribution in [3.63, 3.8) is 0 Å². The average molecular weight is 405 g/mol. The standard InChI is InChI=1S/C25H28N2O3/c1-5-17(3)26-24(28)20-13-10-14-21(15-20)27-18(4)22(25(29)30-6-2)16-23(27)19-11-8-7-9-12-19/h7-17H,5-6H2,1-4H3,(H,26,28)/t17-/m1/s1. The zero-order valence-electron chi connectivity index (χ0n) is 17.9. The number of hydrogen-bond acceptors (Lipinski definition) is 3. The molecule has 3 aromatic rings. The van der Waals surface area contributed by atoms with Crippen molar-refractivity contribution in [1.29, 1.82) is 0 Å². The number of aromatic nitrogens is 1. The summed E-state index contributed by atoms with van der Waals surface area (Å²) in [7, 11) is 0. The lowest BCUT2D eigenvalue weighted by molar-refractivity contribution is 0.0525. The van der Waals surface area contributed by atoms with Crippen LogP contribution in [0.2, 0.25) is 0 Å². The van der Waals surface area contributed by atoms with Crippen LogP contribution in [0.3, 0.4) is 0 Å². The maximum absolute atomic E-state index is 12.6. The molecule has 1 atom stereocenters. The molecule has 1 aromatic heterocycles. The third-order valence-corrected chi connectivity index (χ3v) is 5.17. The highest BCUT2D eigenvalue weighted by Crippen LogP contribution is 2.30. The number of nitrogens with zero attached hydrogens (tertiary/aromatic N) is 1. The molecule has 1 N–H and O–H groups in total. The van der Waals surface area contributed by atoms with Crippen molar-refractivity contribution < 1.29 is 14.3 Å². The second kappa shape index (κ2) is 9.44. The summed E-state index contributed by atoms with van der Waals surface area (Å²) >= 11 is 0. The van der Waals surface area contributed by atoms with Crippen LogP contribution in [0.25, 0.3) is 16.9 Å². The molecule has 30 heavy (non-hydrogen) atoms. The van der Waals surface area contributed by atoms with E-state index >= 15 is 0 Å². The van der Waals surface area contributed by atoms with Crippen molar-refractivity contribution in [3.8, 4) is 16.9 Å². The number of esters is 1. The van der Waals surface area contributed by atoms with Crippen molar-refractivity contribution in [2.45, 2.75) is 40.2 Å². The Balaban J connectivity index is 2.12. The van der Waals surface area contributed by atoms with Crippen LogP contribution in [0.1, 0.15) is 53.6 Å². The Morgan fingerprint density at radius 1 is 1.03 bits per heavy atom. The van der Waals surface area contributed by atoms with Crippen molar-refractivity contribution in [1.82, 2.24) is 9.88 Å². The number of ether oxygens (including phenoxy) is 1. The first kappa shape index (κ1) is 21.4. The predicted octanol–water partition coefficient (Wildman–Crippen LogP) is 5.16. The summed E-state index contributed by atoms with van der Waals surface area (Å²) in [4.78, 5) is 25.2. The molecule has 1 amide bonds. The van der Waals surface area contributed by atoms with Gasteiger partial charge in [0, 0.05) is 23.0 Å². The van der Waals surface area contributed by atoms with Crippen molar-refractivity contribution in [3.05, 3.63) is 77.5 Å². The van der Waals surface area contributed by atoms with Crippen LogP contribution in [0, 0.1) is 6.92 Å². The van der Waals surface area contributed by atoms with Gasteiger partial charge in [-0.05, 0) is 57.0 Å². The minimum Gasteiger partial charge on any atom is -0.462 e. The fraction of sp³-hybridized carbons (Fsp3) is 0.280. The molecule has 1 heterocycles. The van der Waals surface area contributed by atoms with E-state index < -0.39 is 0 Å². The van der Waals surface area contributed by atoms with Gasteiger partial charge in [-0.2, -0.15) is 0 Å². The van der Waals surface area contributed by atoms with Gasteiger partial charge in [-0.1, -0.05) is 43.3 Å². The molecule has 0 aliphatic heterocycles. The highest BCUT2D eigenvalue weighted by molar-refractivity contribution is 5.95. The van der Waals surface area contributed by atoms with Gasteiger partial charge in [0.1, 0.15) is 0 Å². The summed E-state index contributed by atoms with van der Waals surface area (Å²) in [5, 5.41) is 3.00. The largest absolute Gasteiger partial charge is 0.462 e. The Labute approximate surface area is 177 Å². The molecule has 0 unspecified atom stereocenters. The third-order valence-electron chi connectivity index (χ3n) is 5.17. The first-order chi connectivity index (χ1) is 14.5. The lowest BCUT2D eigenvalue weighted by atomic mass is 10.1. The van der Waals surface area contributed by atoms with Gasteiger partial charge in [-0.3, -0.25) is 4.79 Å². The van der Waals surface area contributed by atoms with E-state index in [-0.39, 0.29) is 17.9 Å². The van der Waals surface area contributed by atoms with E-state index in [1.165, 1.54) is 0 Å². The molecule has 156 valence electrons. The molecule has 5 nitrogen and oxygen atoms in total. The lowest BCUT2D eigenvalue weighted by Crippen LogP contribution is -2.31. The molecule has 2 aromatic carbocycles. The summed E-state index contributed by atoms with van der Waals surface area (Å²) in [6, 6.07) is 19.3. The Morgan fingerprint density at radius 2 is 1.77 bits per heavy atom. The molecule has 0 saturated heterocycles. The topological polar surface area (TPSA) is 60.3 Å². The Hall–Kier alpha value is -3.34. The van der Waals surface area contributed by atoms with Crippen LogP contribution >= 0.6 is 0 Å². The molecule has 5 heteroatoms. The van der Waals surface area contributed by atoms with Crippen LogP contribution in [-0.2, 0) is 4.74 Å².